The van der Waals surface area contributed by atoms with Gasteiger partial charge in [0.15, 0.2) is 0 Å². The minimum absolute atomic E-state index is 0.517. The largest absolute Gasteiger partial charge is 0.457 e. The van der Waals surface area contributed by atoms with E-state index in [1.165, 1.54) is 104 Å². The summed E-state index contributed by atoms with van der Waals surface area (Å²) in [6, 6.07) is 116. The highest BCUT2D eigenvalue weighted by Crippen LogP contribution is 2.67. The summed E-state index contributed by atoms with van der Waals surface area (Å²) >= 11 is 1.89. The van der Waals surface area contributed by atoms with E-state index in [0.29, 0.717) is 0 Å². The molecule has 13 aromatic rings. The molecule has 13 aromatic carbocycles. The van der Waals surface area contributed by atoms with Gasteiger partial charge in [0.25, 0.3) is 0 Å². The summed E-state index contributed by atoms with van der Waals surface area (Å²) in [5.41, 5.74) is 26.4. The number of fused-ring (bicyclic) bond motifs is 21. The fourth-order valence-corrected chi connectivity index (χ4v) is 17.3. The predicted molar refractivity (Wildman–Crippen MR) is 343 cm³/mol. The van der Waals surface area contributed by atoms with E-state index in [1.807, 2.05) is 11.8 Å². The van der Waals surface area contributed by atoms with E-state index < -0.39 is 16.2 Å². The molecule has 2 nitrogen and oxygen atoms in total. The molecule has 3 heteroatoms. The van der Waals surface area contributed by atoms with Gasteiger partial charge in [-0.25, -0.2) is 0 Å². The van der Waals surface area contributed by atoms with Crippen LogP contribution in [0.2, 0.25) is 0 Å². The Kier molecular flexibility index (Phi) is 10.1. The van der Waals surface area contributed by atoms with Gasteiger partial charge in [0, 0.05) is 37.7 Å². The van der Waals surface area contributed by atoms with Crippen molar-refractivity contribution in [2.45, 2.75) is 26.0 Å². The smallest absolute Gasteiger partial charge is 0.132 e. The number of nitrogens with zero attached hydrogens (tertiary/aromatic N) is 1. The molecule has 2 aliphatic heterocycles. The van der Waals surface area contributed by atoms with Gasteiger partial charge in [-0.3, -0.25) is 0 Å². The van der Waals surface area contributed by atoms with Crippen LogP contribution in [0.1, 0.15) is 66.8 Å². The minimum Gasteiger partial charge on any atom is -0.457 e. The van der Waals surface area contributed by atoms with E-state index in [9.17, 15) is 0 Å². The Balaban J connectivity index is 0.942. The van der Waals surface area contributed by atoms with Gasteiger partial charge in [-0.15, -0.1) is 0 Å². The Hall–Kier alpha value is -10.2. The van der Waals surface area contributed by atoms with E-state index in [1.54, 1.807) is 0 Å². The Bertz CT molecular complexity index is 4750. The van der Waals surface area contributed by atoms with Crippen molar-refractivity contribution in [2.75, 3.05) is 4.90 Å². The standard InChI is InChI=1S/C81H51NOS/c1-3-25-52(26-4-1)79(53-27-5-2-6-28-53)62-35-12-8-31-58(62)77-57(33-23-41-69(77)79)56-30-10-18-43-71(56)82(54-49-50-64-60(51-54)55-29-7-11-34-61(55)80(64)67-39-16-21-47-75(67)84-76-48-22-17-40-68(76)80)72-44-24-42-70-78(72)59-32-9-13-36-63(59)81(70)65-37-14-19-45-73(65)83-74-46-20-15-38-66(74)81/h1-51H. The van der Waals surface area contributed by atoms with Crippen molar-refractivity contribution >= 4 is 28.8 Å². The van der Waals surface area contributed by atoms with E-state index in [4.69, 9.17) is 4.74 Å². The number of anilines is 3. The number of para-hydroxylation sites is 3. The van der Waals surface area contributed by atoms with Crippen LogP contribution >= 0.6 is 11.8 Å². The van der Waals surface area contributed by atoms with Crippen LogP contribution in [-0.4, -0.2) is 0 Å². The first-order valence-corrected chi connectivity index (χ1v) is 30.0. The maximum absolute atomic E-state index is 6.86. The lowest BCUT2D eigenvalue weighted by Gasteiger charge is -2.40. The summed E-state index contributed by atoms with van der Waals surface area (Å²) in [5.74, 6) is 1.75. The third-order valence-corrected chi connectivity index (χ3v) is 20.2. The van der Waals surface area contributed by atoms with E-state index in [-0.39, 0.29) is 0 Å². The average molecular weight is 1090 g/mol. The summed E-state index contributed by atoms with van der Waals surface area (Å²) < 4.78 is 6.86. The molecule has 0 bridgehead atoms. The van der Waals surface area contributed by atoms with E-state index >= 15 is 0 Å². The second-order valence-electron chi connectivity index (χ2n) is 22.8. The minimum atomic E-state index is -0.663. The molecule has 84 heavy (non-hydrogen) atoms. The normalized spacial score (nSPS) is 14.8. The van der Waals surface area contributed by atoms with Crippen LogP contribution in [0.3, 0.4) is 0 Å². The van der Waals surface area contributed by atoms with Gasteiger partial charge >= 0.3 is 0 Å². The summed E-state index contributed by atoms with van der Waals surface area (Å²) in [4.78, 5) is 5.19. The molecule has 5 aliphatic rings. The second kappa shape index (κ2) is 17.9. The molecule has 18 rings (SSSR count). The number of benzene rings is 13. The van der Waals surface area contributed by atoms with Gasteiger partial charge in [0.05, 0.1) is 27.6 Å². The molecule has 0 atom stereocenters. The highest BCUT2D eigenvalue weighted by Gasteiger charge is 2.54. The van der Waals surface area contributed by atoms with Gasteiger partial charge in [-0.1, -0.05) is 273 Å². The maximum Gasteiger partial charge on any atom is 0.132 e. The molecule has 392 valence electrons. The molecule has 0 saturated carbocycles. The van der Waals surface area contributed by atoms with Crippen LogP contribution in [0, 0.1) is 0 Å². The van der Waals surface area contributed by atoms with Crippen molar-refractivity contribution in [1.29, 1.82) is 0 Å². The van der Waals surface area contributed by atoms with Crippen molar-refractivity contribution in [1.82, 2.24) is 0 Å². The molecule has 2 heterocycles. The van der Waals surface area contributed by atoms with Gasteiger partial charge in [0.2, 0.25) is 0 Å². The topological polar surface area (TPSA) is 12.5 Å². The van der Waals surface area contributed by atoms with Crippen molar-refractivity contribution in [3.63, 3.8) is 0 Å². The number of ether oxygens (including phenoxy) is 1. The van der Waals surface area contributed by atoms with Crippen molar-refractivity contribution in [3.05, 3.63) is 376 Å². The molecule has 3 aliphatic carbocycles. The van der Waals surface area contributed by atoms with Crippen LogP contribution in [0.25, 0.3) is 44.5 Å². The maximum atomic E-state index is 6.86. The van der Waals surface area contributed by atoms with Crippen LogP contribution in [0.5, 0.6) is 11.5 Å². The van der Waals surface area contributed by atoms with Gasteiger partial charge < -0.3 is 9.64 Å². The fourth-order valence-electron chi connectivity index (χ4n) is 16.1. The highest BCUT2D eigenvalue weighted by molar-refractivity contribution is 7.99. The monoisotopic (exact) mass is 1090 g/mol. The van der Waals surface area contributed by atoms with Gasteiger partial charge in [-0.05, 0) is 138 Å². The first kappa shape index (κ1) is 47.4. The third-order valence-electron chi connectivity index (χ3n) is 19.1. The Morgan fingerprint density at radius 1 is 0.250 bits per heavy atom. The van der Waals surface area contributed by atoms with Crippen LogP contribution < -0.4 is 9.64 Å². The van der Waals surface area contributed by atoms with Crippen molar-refractivity contribution < 1.29 is 4.74 Å². The molecular weight excluding hydrogens is 1030 g/mol. The van der Waals surface area contributed by atoms with E-state index in [0.717, 1.165) is 45.3 Å². The SMILES string of the molecule is c1ccc(C2(c3ccccc3)c3ccccc3-c3c(-c4ccccc4N(c4ccc5c(c4)-c4ccccc4C54c5ccccc5Sc5ccccc54)c4cccc5c4-c4ccccc4C54c5ccccc5Oc5ccccc54)cccc32)cc1. The summed E-state index contributed by atoms with van der Waals surface area (Å²) in [5, 5.41) is 0. The summed E-state index contributed by atoms with van der Waals surface area (Å²) in [6.45, 7) is 0. The number of hydrogen-bond donors (Lipinski definition) is 0. The molecule has 0 N–H and O–H groups in total. The third kappa shape index (κ3) is 6.11. The lowest BCUT2D eigenvalue weighted by molar-refractivity contribution is 0.436. The lowest BCUT2D eigenvalue weighted by Crippen LogP contribution is -2.32. The molecule has 0 radical (unpaired) electrons. The molecule has 0 amide bonds. The zero-order valence-corrected chi connectivity index (χ0v) is 46.5. The Morgan fingerprint density at radius 3 is 1.29 bits per heavy atom. The number of hydrogen-bond acceptors (Lipinski definition) is 3. The zero-order valence-electron chi connectivity index (χ0n) is 45.7. The zero-order chi connectivity index (χ0) is 55.1. The van der Waals surface area contributed by atoms with Crippen molar-refractivity contribution in [3.8, 4) is 56.0 Å². The molecule has 0 fully saturated rings. The first-order chi connectivity index (χ1) is 41.7. The second-order valence-corrected chi connectivity index (χ2v) is 23.9. The molecule has 2 spiro atoms. The fraction of sp³-hybridized carbons (Fsp3) is 0.0370. The summed E-state index contributed by atoms with van der Waals surface area (Å²) in [6.07, 6.45) is 0. The van der Waals surface area contributed by atoms with Crippen LogP contribution in [-0.2, 0) is 16.2 Å². The predicted octanol–water partition coefficient (Wildman–Crippen LogP) is 20.5. The van der Waals surface area contributed by atoms with Gasteiger partial charge in [-0.2, -0.15) is 0 Å². The van der Waals surface area contributed by atoms with Crippen LogP contribution in [0.4, 0.5) is 17.1 Å². The molecular formula is C81H51NOS. The molecule has 0 aromatic heterocycles. The highest BCUT2D eigenvalue weighted by atomic mass is 32.2. The average Bonchev–Trinajstić information content (AvgIpc) is 1.56. The lowest BCUT2D eigenvalue weighted by atomic mass is 9.66. The Morgan fingerprint density at radius 2 is 0.655 bits per heavy atom. The van der Waals surface area contributed by atoms with Gasteiger partial charge in [0.1, 0.15) is 11.5 Å². The van der Waals surface area contributed by atoms with E-state index in [2.05, 4.69) is 314 Å². The van der Waals surface area contributed by atoms with Crippen LogP contribution in [0.15, 0.2) is 319 Å². The quantitative estimate of drug-likeness (QED) is 0.165. The summed E-state index contributed by atoms with van der Waals surface area (Å²) in [7, 11) is 0. The molecule has 0 saturated heterocycles. The first-order valence-electron chi connectivity index (χ1n) is 29.2. The Labute approximate surface area is 493 Å². The van der Waals surface area contributed by atoms with Crippen molar-refractivity contribution in [2.24, 2.45) is 0 Å². The number of rotatable bonds is 6. The molecule has 0 unspecified atom stereocenters.